The minimum atomic E-state index is -0.399. The van der Waals surface area contributed by atoms with E-state index in [2.05, 4.69) is 0 Å². The fourth-order valence-electron chi connectivity index (χ4n) is 4.25. The fraction of sp³-hybridized carbons (Fsp3) is 0.882. The van der Waals surface area contributed by atoms with Crippen LogP contribution in [0.1, 0.15) is 51.9 Å². The van der Waals surface area contributed by atoms with Gasteiger partial charge in [0.25, 0.3) is 0 Å². The summed E-state index contributed by atoms with van der Waals surface area (Å²) in [5, 5.41) is 0. The Kier molecular flexibility index (Phi) is 5.21. The van der Waals surface area contributed by atoms with E-state index >= 15 is 0 Å². The van der Waals surface area contributed by atoms with E-state index in [4.69, 9.17) is 9.47 Å². The zero-order chi connectivity index (χ0) is 16.3. The number of amides is 2. The van der Waals surface area contributed by atoms with Crippen molar-refractivity contribution < 1.29 is 19.1 Å². The van der Waals surface area contributed by atoms with Crippen molar-refractivity contribution in [1.29, 1.82) is 0 Å². The first-order chi connectivity index (χ1) is 11.1. The molecule has 1 saturated carbocycles. The van der Waals surface area contributed by atoms with Gasteiger partial charge in [-0.1, -0.05) is 19.3 Å². The van der Waals surface area contributed by atoms with Crippen molar-refractivity contribution in [2.24, 2.45) is 0 Å². The molecule has 0 aromatic rings. The first-order valence-electron chi connectivity index (χ1n) is 8.90. The van der Waals surface area contributed by atoms with Crippen LogP contribution in [-0.4, -0.2) is 66.3 Å². The first-order valence-corrected chi connectivity index (χ1v) is 8.90. The largest absolute Gasteiger partial charge is 0.352 e. The second kappa shape index (κ2) is 7.18. The number of hydrogen-bond donors (Lipinski definition) is 0. The summed E-state index contributed by atoms with van der Waals surface area (Å²) in [6.07, 6.45) is 6.30. The van der Waals surface area contributed by atoms with Crippen LogP contribution in [0.25, 0.3) is 0 Å². The molecule has 0 radical (unpaired) electrons. The minimum absolute atomic E-state index is 0.0880. The third-order valence-corrected chi connectivity index (χ3v) is 5.41. The molecule has 2 heterocycles. The van der Waals surface area contributed by atoms with Gasteiger partial charge in [-0.25, -0.2) is 0 Å². The van der Waals surface area contributed by atoms with Gasteiger partial charge in [0.1, 0.15) is 0 Å². The Morgan fingerprint density at radius 1 is 1.04 bits per heavy atom. The normalized spacial score (nSPS) is 25.6. The molecule has 0 N–H and O–H groups in total. The van der Waals surface area contributed by atoms with Crippen LogP contribution >= 0.6 is 0 Å². The fourth-order valence-corrected chi connectivity index (χ4v) is 4.25. The summed E-state index contributed by atoms with van der Waals surface area (Å²) in [6, 6.07) is 0. The summed E-state index contributed by atoms with van der Waals surface area (Å²) in [4.78, 5) is 28.6. The first kappa shape index (κ1) is 16.7. The Morgan fingerprint density at radius 3 is 2.39 bits per heavy atom. The monoisotopic (exact) mass is 324 g/mol. The summed E-state index contributed by atoms with van der Waals surface area (Å²) >= 11 is 0. The molecule has 3 rings (SSSR count). The average Bonchev–Trinajstić information content (AvgIpc) is 2.56. The molecule has 130 valence electrons. The lowest BCUT2D eigenvalue weighted by Crippen LogP contribution is -2.65. The van der Waals surface area contributed by atoms with Crippen LogP contribution in [0.4, 0.5) is 0 Å². The highest BCUT2D eigenvalue weighted by atomic mass is 16.7. The van der Waals surface area contributed by atoms with E-state index in [0.717, 1.165) is 32.1 Å². The molecule has 1 spiro atoms. The lowest BCUT2D eigenvalue weighted by Gasteiger charge is -2.52. The Balaban J connectivity index is 1.65. The van der Waals surface area contributed by atoms with Crippen molar-refractivity contribution in [1.82, 2.24) is 9.80 Å². The van der Waals surface area contributed by atoms with Gasteiger partial charge >= 0.3 is 0 Å². The molecule has 2 amide bonds. The number of piperazine rings is 1. The lowest BCUT2D eigenvalue weighted by atomic mass is 9.78. The quantitative estimate of drug-likeness (QED) is 0.773. The minimum Gasteiger partial charge on any atom is -0.352 e. The van der Waals surface area contributed by atoms with Crippen molar-refractivity contribution in [2.75, 3.05) is 32.8 Å². The zero-order valence-corrected chi connectivity index (χ0v) is 14.1. The smallest absolute Gasteiger partial charge is 0.227 e. The van der Waals surface area contributed by atoms with E-state index in [1.165, 1.54) is 6.42 Å². The molecule has 3 fully saturated rings. The SMILES string of the molecule is CC(=O)N1CCN(C(=O)CC2OCCCO2)CC12CCCCC2. The summed E-state index contributed by atoms with van der Waals surface area (Å²) in [7, 11) is 0. The molecule has 1 aliphatic carbocycles. The maximum Gasteiger partial charge on any atom is 0.227 e. The van der Waals surface area contributed by atoms with Crippen molar-refractivity contribution in [3.63, 3.8) is 0 Å². The van der Waals surface area contributed by atoms with Gasteiger partial charge < -0.3 is 19.3 Å². The van der Waals surface area contributed by atoms with E-state index in [1.54, 1.807) is 6.92 Å². The molecular weight excluding hydrogens is 296 g/mol. The molecule has 6 heteroatoms. The van der Waals surface area contributed by atoms with Crippen LogP contribution in [0.2, 0.25) is 0 Å². The van der Waals surface area contributed by atoms with Crippen molar-refractivity contribution in [2.45, 2.75) is 63.7 Å². The Hall–Kier alpha value is -1.14. The summed E-state index contributed by atoms with van der Waals surface area (Å²) in [6.45, 7) is 4.91. The number of nitrogens with zero attached hydrogens (tertiary/aromatic N) is 2. The molecule has 0 bridgehead atoms. The Labute approximate surface area is 138 Å². The van der Waals surface area contributed by atoms with Crippen molar-refractivity contribution in [3.05, 3.63) is 0 Å². The standard InChI is InChI=1S/C17H28N2O4/c1-14(20)19-9-8-18(13-17(19)6-3-2-4-7-17)15(21)12-16-22-10-5-11-23-16/h16H,2-13H2,1H3. The number of rotatable bonds is 2. The molecule has 0 aromatic carbocycles. The molecule has 3 aliphatic rings. The second-order valence-corrected chi connectivity index (χ2v) is 7.00. The maximum atomic E-state index is 12.6. The van der Waals surface area contributed by atoms with E-state index in [-0.39, 0.29) is 23.8 Å². The van der Waals surface area contributed by atoms with Gasteiger partial charge in [0.05, 0.1) is 25.2 Å². The van der Waals surface area contributed by atoms with Crippen LogP contribution in [0.15, 0.2) is 0 Å². The molecule has 6 nitrogen and oxygen atoms in total. The van der Waals surface area contributed by atoms with Crippen LogP contribution in [0, 0.1) is 0 Å². The van der Waals surface area contributed by atoms with Crippen molar-refractivity contribution in [3.8, 4) is 0 Å². The number of ether oxygens (including phenoxy) is 2. The zero-order valence-electron chi connectivity index (χ0n) is 14.1. The topological polar surface area (TPSA) is 59.1 Å². The molecule has 0 aromatic heterocycles. The van der Waals surface area contributed by atoms with Gasteiger partial charge in [0.15, 0.2) is 6.29 Å². The van der Waals surface area contributed by atoms with Gasteiger partial charge in [-0.05, 0) is 19.3 Å². The number of hydrogen-bond acceptors (Lipinski definition) is 4. The molecular formula is C17H28N2O4. The molecule has 2 saturated heterocycles. The predicted octanol–water partition coefficient (Wildman–Crippen LogP) is 1.53. The average molecular weight is 324 g/mol. The Bertz CT molecular complexity index is 442. The van der Waals surface area contributed by atoms with Gasteiger partial charge in [-0.2, -0.15) is 0 Å². The highest BCUT2D eigenvalue weighted by Crippen LogP contribution is 2.37. The van der Waals surface area contributed by atoms with E-state index in [9.17, 15) is 9.59 Å². The van der Waals surface area contributed by atoms with E-state index in [0.29, 0.717) is 32.8 Å². The predicted molar refractivity (Wildman–Crippen MR) is 84.7 cm³/mol. The number of carbonyl (C=O) groups excluding carboxylic acids is 2. The summed E-state index contributed by atoms with van der Waals surface area (Å²) < 4.78 is 11.0. The van der Waals surface area contributed by atoms with Crippen molar-refractivity contribution >= 4 is 11.8 Å². The third kappa shape index (κ3) is 3.69. The second-order valence-electron chi connectivity index (χ2n) is 7.00. The summed E-state index contributed by atoms with van der Waals surface area (Å²) in [5.74, 6) is 0.225. The van der Waals surface area contributed by atoms with Crippen LogP contribution < -0.4 is 0 Å². The Morgan fingerprint density at radius 2 is 1.74 bits per heavy atom. The van der Waals surface area contributed by atoms with Crippen LogP contribution in [0.5, 0.6) is 0 Å². The lowest BCUT2D eigenvalue weighted by molar-refractivity contribution is -0.189. The van der Waals surface area contributed by atoms with Crippen LogP contribution in [-0.2, 0) is 19.1 Å². The van der Waals surface area contributed by atoms with E-state index in [1.807, 2.05) is 9.80 Å². The maximum absolute atomic E-state index is 12.6. The van der Waals surface area contributed by atoms with Gasteiger partial charge in [0, 0.05) is 26.6 Å². The van der Waals surface area contributed by atoms with Crippen LogP contribution in [0.3, 0.4) is 0 Å². The van der Waals surface area contributed by atoms with Gasteiger partial charge in [0.2, 0.25) is 11.8 Å². The molecule has 2 aliphatic heterocycles. The molecule has 23 heavy (non-hydrogen) atoms. The highest BCUT2D eigenvalue weighted by molar-refractivity contribution is 5.78. The summed E-state index contributed by atoms with van der Waals surface area (Å²) in [5.41, 5.74) is -0.147. The van der Waals surface area contributed by atoms with E-state index < -0.39 is 6.29 Å². The third-order valence-electron chi connectivity index (χ3n) is 5.41. The molecule has 0 atom stereocenters. The number of carbonyl (C=O) groups is 2. The van der Waals surface area contributed by atoms with Gasteiger partial charge in [-0.3, -0.25) is 9.59 Å². The van der Waals surface area contributed by atoms with Gasteiger partial charge in [-0.15, -0.1) is 0 Å². The highest BCUT2D eigenvalue weighted by Gasteiger charge is 2.44. The molecule has 0 unspecified atom stereocenters.